The number of carbonyl (C=O) groups excluding carboxylic acids is 1. The minimum atomic E-state index is -0.341. The highest BCUT2D eigenvalue weighted by Gasteiger charge is 2.14. The average Bonchev–Trinajstić information content (AvgIpc) is 3.09. The first-order valence-corrected chi connectivity index (χ1v) is 6.52. The van der Waals surface area contributed by atoms with E-state index in [1.54, 1.807) is 42.8 Å². The predicted molar refractivity (Wildman–Crippen MR) is 74.7 cm³/mol. The van der Waals surface area contributed by atoms with Crippen molar-refractivity contribution in [1.82, 2.24) is 19.5 Å². The van der Waals surface area contributed by atoms with E-state index >= 15 is 0 Å². The quantitative estimate of drug-likeness (QED) is 0.774. The molecule has 3 aromatic rings. The number of rotatable bonds is 4. The maximum absolute atomic E-state index is 12.0. The maximum atomic E-state index is 12.0. The Morgan fingerprint density at radius 2 is 2.24 bits per heavy atom. The van der Waals surface area contributed by atoms with Crippen LogP contribution in [0.1, 0.15) is 18.7 Å². The van der Waals surface area contributed by atoms with E-state index in [9.17, 15) is 9.59 Å². The molecule has 0 fully saturated rings. The molecule has 1 unspecified atom stereocenters. The van der Waals surface area contributed by atoms with Crippen LogP contribution in [0, 0.1) is 0 Å². The first-order chi connectivity index (χ1) is 10.1. The summed E-state index contributed by atoms with van der Waals surface area (Å²) in [5, 5.41) is 6.87. The molecule has 21 heavy (non-hydrogen) atoms. The van der Waals surface area contributed by atoms with Gasteiger partial charge in [-0.15, -0.1) is 5.10 Å². The summed E-state index contributed by atoms with van der Waals surface area (Å²) in [5.41, 5.74) is 0.167. The summed E-state index contributed by atoms with van der Waals surface area (Å²) in [6.45, 7) is 1.68. The number of carbonyl (C=O) groups is 1. The molecular formula is C14H14N4O3. The number of aromatic nitrogens is 3. The second-order valence-corrected chi connectivity index (χ2v) is 4.67. The van der Waals surface area contributed by atoms with Gasteiger partial charge < -0.3 is 9.73 Å². The van der Waals surface area contributed by atoms with Gasteiger partial charge in [0, 0.05) is 6.20 Å². The molecule has 0 aliphatic rings. The zero-order chi connectivity index (χ0) is 14.8. The zero-order valence-corrected chi connectivity index (χ0v) is 11.4. The first kappa shape index (κ1) is 13.2. The molecule has 0 saturated heterocycles. The summed E-state index contributed by atoms with van der Waals surface area (Å²) in [4.78, 5) is 24.0. The minimum absolute atomic E-state index is 0.133. The van der Waals surface area contributed by atoms with Crippen LogP contribution in [0.3, 0.4) is 0 Å². The van der Waals surface area contributed by atoms with Crippen LogP contribution in [-0.2, 0) is 11.3 Å². The Morgan fingerprint density at radius 1 is 1.38 bits per heavy atom. The Hall–Kier alpha value is -2.83. The highest BCUT2D eigenvalue weighted by atomic mass is 16.3. The second-order valence-electron chi connectivity index (χ2n) is 4.67. The molecule has 0 aromatic carbocycles. The van der Waals surface area contributed by atoms with Crippen molar-refractivity contribution in [2.45, 2.75) is 19.5 Å². The number of hydrogen-bond donors (Lipinski definition) is 1. The molecule has 7 nitrogen and oxygen atoms in total. The monoisotopic (exact) mass is 286 g/mol. The summed E-state index contributed by atoms with van der Waals surface area (Å²) in [6.07, 6.45) is 3.16. The van der Waals surface area contributed by atoms with Gasteiger partial charge >= 0.3 is 5.69 Å². The highest BCUT2D eigenvalue weighted by molar-refractivity contribution is 5.76. The van der Waals surface area contributed by atoms with Gasteiger partial charge in [0.05, 0.1) is 12.3 Å². The number of fused-ring (bicyclic) bond motifs is 1. The lowest BCUT2D eigenvalue weighted by molar-refractivity contribution is -0.122. The molecule has 1 N–H and O–H groups in total. The van der Waals surface area contributed by atoms with Crippen LogP contribution < -0.4 is 11.0 Å². The molecule has 3 aromatic heterocycles. The van der Waals surface area contributed by atoms with Gasteiger partial charge in [0.15, 0.2) is 5.65 Å². The van der Waals surface area contributed by atoms with Gasteiger partial charge in [-0.25, -0.2) is 9.48 Å². The summed E-state index contributed by atoms with van der Waals surface area (Å²) >= 11 is 0. The van der Waals surface area contributed by atoms with Crippen molar-refractivity contribution in [3.05, 3.63) is 59.0 Å². The number of nitrogens with zero attached hydrogens (tertiary/aromatic N) is 3. The predicted octanol–water partition coefficient (Wildman–Crippen LogP) is 0.966. The molecule has 1 atom stereocenters. The molecule has 3 heterocycles. The second kappa shape index (κ2) is 5.28. The topological polar surface area (TPSA) is 81.5 Å². The molecular weight excluding hydrogens is 272 g/mol. The van der Waals surface area contributed by atoms with Crippen LogP contribution >= 0.6 is 0 Å². The van der Waals surface area contributed by atoms with Gasteiger partial charge in [-0.2, -0.15) is 0 Å². The maximum Gasteiger partial charge on any atom is 0.350 e. The Labute approximate surface area is 119 Å². The SMILES string of the molecule is CC(NC(=O)Cn1nc2ccccn2c1=O)c1ccco1. The van der Waals surface area contributed by atoms with Gasteiger partial charge in [-0.1, -0.05) is 6.07 Å². The highest BCUT2D eigenvalue weighted by Crippen LogP contribution is 2.11. The Bertz CT molecular complexity index is 816. The molecule has 108 valence electrons. The van der Waals surface area contributed by atoms with Gasteiger partial charge in [0.2, 0.25) is 5.91 Å². The molecule has 0 bridgehead atoms. The fourth-order valence-corrected chi connectivity index (χ4v) is 2.10. The Kier molecular flexibility index (Phi) is 3.31. The number of pyridine rings is 1. The zero-order valence-electron chi connectivity index (χ0n) is 11.4. The molecule has 3 rings (SSSR count). The van der Waals surface area contributed by atoms with E-state index in [4.69, 9.17) is 4.42 Å². The van der Waals surface area contributed by atoms with Crippen molar-refractivity contribution in [3.8, 4) is 0 Å². The smallest absolute Gasteiger partial charge is 0.350 e. The number of furan rings is 1. The van der Waals surface area contributed by atoms with Crippen molar-refractivity contribution in [1.29, 1.82) is 0 Å². The average molecular weight is 286 g/mol. The molecule has 1 amide bonds. The molecule has 0 saturated carbocycles. The van der Waals surface area contributed by atoms with Crippen molar-refractivity contribution in [3.63, 3.8) is 0 Å². The lowest BCUT2D eigenvalue weighted by atomic mass is 10.2. The van der Waals surface area contributed by atoms with Crippen LogP contribution in [0.4, 0.5) is 0 Å². The van der Waals surface area contributed by atoms with Crippen molar-refractivity contribution >= 4 is 11.6 Å². The van der Waals surface area contributed by atoms with Crippen molar-refractivity contribution < 1.29 is 9.21 Å². The van der Waals surface area contributed by atoms with Crippen LogP contribution in [0.2, 0.25) is 0 Å². The fraction of sp³-hybridized carbons (Fsp3) is 0.214. The standard InChI is InChI=1S/C14H14N4O3/c1-10(11-5-4-8-21-11)15-13(19)9-18-14(20)17-7-3-2-6-12(17)16-18/h2-8,10H,9H2,1H3,(H,15,19). The number of hydrogen-bond acceptors (Lipinski definition) is 4. The summed E-state index contributed by atoms with van der Waals surface area (Å²) < 4.78 is 7.75. The number of nitrogens with one attached hydrogen (secondary N) is 1. The Morgan fingerprint density at radius 3 is 2.95 bits per heavy atom. The summed E-state index contributed by atoms with van der Waals surface area (Å²) in [5.74, 6) is 0.357. The van der Waals surface area contributed by atoms with E-state index < -0.39 is 0 Å². The van der Waals surface area contributed by atoms with Gasteiger partial charge in [0.1, 0.15) is 12.3 Å². The molecule has 0 spiro atoms. The van der Waals surface area contributed by atoms with Crippen LogP contribution in [0.15, 0.2) is 52.0 Å². The summed E-state index contributed by atoms with van der Waals surface area (Å²) in [6, 6.07) is 8.50. The van der Waals surface area contributed by atoms with Crippen molar-refractivity contribution in [2.75, 3.05) is 0 Å². The van der Waals surface area contributed by atoms with E-state index in [0.717, 1.165) is 4.68 Å². The van der Waals surface area contributed by atoms with Gasteiger partial charge in [-0.05, 0) is 31.2 Å². The van der Waals surface area contributed by atoms with Crippen LogP contribution in [0.5, 0.6) is 0 Å². The van der Waals surface area contributed by atoms with E-state index in [1.807, 2.05) is 6.92 Å². The fourth-order valence-electron chi connectivity index (χ4n) is 2.10. The number of amides is 1. The normalized spacial score (nSPS) is 12.4. The van der Waals surface area contributed by atoms with Gasteiger partial charge in [-0.3, -0.25) is 9.20 Å². The van der Waals surface area contributed by atoms with E-state index in [-0.39, 0.29) is 24.2 Å². The molecule has 0 aliphatic heterocycles. The lowest BCUT2D eigenvalue weighted by Gasteiger charge is -2.10. The van der Waals surface area contributed by atoms with Crippen molar-refractivity contribution in [2.24, 2.45) is 0 Å². The third-order valence-electron chi connectivity index (χ3n) is 3.13. The van der Waals surface area contributed by atoms with Crippen LogP contribution in [0.25, 0.3) is 5.65 Å². The van der Waals surface area contributed by atoms with Gasteiger partial charge in [0.25, 0.3) is 0 Å². The first-order valence-electron chi connectivity index (χ1n) is 6.52. The molecule has 0 aliphatic carbocycles. The largest absolute Gasteiger partial charge is 0.467 e. The van der Waals surface area contributed by atoms with E-state index in [0.29, 0.717) is 11.4 Å². The molecule has 7 heteroatoms. The molecule has 0 radical (unpaired) electrons. The van der Waals surface area contributed by atoms with E-state index in [1.165, 1.54) is 4.40 Å². The summed E-state index contributed by atoms with van der Waals surface area (Å²) in [7, 11) is 0. The minimum Gasteiger partial charge on any atom is -0.467 e. The van der Waals surface area contributed by atoms with E-state index in [2.05, 4.69) is 10.4 Å². The van der Waals surface area contributed by atoms with Crippen LogP contribution in [-0.4, -0.2) is 20.1 Å². The lowest BCUT2D eigenvalue weighted by Crippen LogP contribution is -2.34. The third kappa shape index (κ3) is 2.58. The third-order valence-corrected chi connectivity index (χ3v) is 3.13. The Balaban J connectivity index is 1.74.